The van der Waals surface area contributed by atoms with E-state index < -0.39 is 0 Å². The van der Waals surface area contributed by atoms with Crippen molar-refractivity contribution in [3.63, 3.8) is 0 Å². The normalized spacial score (nSPS) is 24.8. The average molecular weight is 234 g/mol. The Kier molecular flexibility index (Phi) is 4.35. The zero-order valence-electron chi connectivity index (χ0n) is 10.6. The summed E-state index contributed by atoms with van der Waals surface area (Å²) in [5.41, 5.74) is 0.964. The smallest absolute Gasteiger partial charge is 0.250 e. The van der Waals surface area contributed by atoms with Gasteiger partial charge in [-0.1, -0.05) is 26.2 Å². The maximum Gasteiger partial charge on any atom is 0.250 e. The van der Waals surface area contributed by atoms with Gasteiger partial charge in [-0.3, -0.25) is 4.79 Å². The lowest BCUT2D eigenvalue weighted by Crippen LogP contribution is -2.16. The van der Waals surface area contributed by atoms with Crippen LogP contribution in [0.3, 0.4) is 0 Å². The van der Waals surface area contributed by atoms with Crippen molar-refractivity contribution in [3.8, 4) is 0 Å². The highest BCUT2D eigenvalue weighted by Crippen LogP contribution is 2.36. The van der Waals surface area contributed by atoms with Crippen molar-refractivity contribution in [2.24, 2.45) is 5.92 Å². The molecule has 1 N–H and O–H groups in total. The predicted octanol–water partition coefficient (Wildman–Crippen LogP) is 3.23. The van der Waals surface area contributed by atoms with Gasteiger partial charge in [0.25, 0.3) is 5.56 Å². The fraction of sp³-hybridized carbons (Fsp3) is 0.714. The molecule has 0 atom stereocenters. The van der Waals surface area contributed by atoms with Crippen LogP contribution in [0, 0.1) is 5.92 Å². The Bertz CT molecular complexity index is 391. The summed E-state index contributed by atoms with van der Waals surface area (Å²) >= 11 is 0. The van der Waals surface area contributed by atoms with Gasteiger partial charge < -0.3 is 4.98 Å². The largest absolute Gasteiger partial charge is 0.313 e. The molecule has 0 aromatic carbocycles. The van der Waals surface area contributed by atoms with E-state index in [1.54, 1.807) is 6.07 Å². The van der Waals surface area contributed by atoms with Gasteiger partial charge in [0.1, 0.15) is 0 Å². The molecule has 3 nitrogen and oxygen atoms in total. The van der Waals surface area contributed by atoms with Gasteiger partial charge in [0, 0.05) is 12.0 Å². The fourth-order valence-electron chi connectivity index (χ4n) is 2.85. The quantitative estimate of drug-likeness (QED) is 0.869. The predicted molar refractivity (Wildman–Crippen MR) is 69.1 cm³/mol. The van der Waals surface area contributed by atoms with Crippen molar-refractivity contribution in [2.45, 2.75) is 57.8 Å². The van der Waals surface area contributed by atoms with Gasteiger partial charge in [-0.05, 0) is 31.6 Å². The van der Waals surface area contributed by atoms with Gasteiger partial charge in [-0.15, -0.1) is 0 Å². The number of hydrogen-bond donors (Lipinski definition) is 1. The summed E-state index contributed by atoms with van der Waals surface area (Å²) in [7, 11) is 0. The Labute approximate surface area is 103 Å². The van der Waals surface area contributed by atoms with Crippen molar-refractivity contribution >= 4 is 0 Å². The monoisotopic (exact) mass is 234 g/mol. The van der Waals surface area contributed by atoms with Crippen LogP contribution < -0.4 is 5.56 Å². The molecule has 0 spiro atoms. The van der Waals surface area contributed by atoms with Crippen LogP contribution in [0.1, 0.15) is 63.5 Å². The first-order valence-corrected chi connectivity index (χ1v) is 6.84. The van der Waals surface area contributed by atoms with Crippen molar-refractivity contribution < 1.29 is 0 Å². The van der Waals surface area contributed by atoms with Crippen LogP contribution in [0.15, 0.2) is 17.2 Å². The highest BCUT2D eigenvalue weighted by atomic mass is 16.1. The lowest BCUT2D eigenvalue weighted by molar-refractivity contribution is 0.301. The highest BCUT2D eigenvalue weighted by Gasteiger charge is 2.22. The zero-order valence-corrected chi connectivity index (χ0v) is 10.6. The zero-order chi connectivity index (χ0) is 12.1. The summed E-state index contributed by atoms with van der Waals surface area (Å²) in [4.78, 5) is 18.1. The Morgan fingerprint density at radius 3 is 2.76 bits per heavy atom. The van der Waals surface area contributed by atoms with Crippen LogP contribution in [0.2, 0.25) is 0 Å². The third kappa shape index (κ3) is 3.42. The van der Waals surface area contributed by atoms with Crippen molar-refractivity contribution in [1.82, 2.24) is 9.97 Å². The summed E-state index contributed by atoms with van der Waals surface area (Å²) in [6, 6.07) is 1.66. The molecule has 0 aliphatic heterocycles. The Hall–Kier alpha value is -1.12. The molecule has 17 heavy (non-hydrogen) atoms. The number of unbranched alkanes of at least 4 members (excludes halogenated alkanes) is 1. The minimum absolute atomic E-state index is 0.0249. The molecule has 1 saturated carbocycles. The molecule has 0 radical (unpaired) electrons. The maximum absolute atomic E-state index is 11.2. The molecule has 0 saturated heterocycles. The van der Waals surface area contributed by atoms with E-state index in [1.807, 2.05) is 0 Å². The van der Waals surface area contributed by atoms with Crippen molar-refractivity contribution in [1.29, 1.82) is 0 Å². The van der Waals surface area contributed by atoms with Crippen LogP contribution in [0.4, 0.5) is 0 Å². The number of hydrogen-bond acceptors (Lipinski definition) is 2. The van der Waals surface area contributed by atoms with Crippen LogP contribution in [0.5, 0.6) is 0 Å². The van der Waals surface area contributed by atoms with Gasteiger partial charge in [-0.2, -0.15) is 0 Å². The summed E-state index contributed by atoms with van der Waals surface area (Å²) < 4.78 is 0. The van der Waals surface area contributed by atoms with Gasteiger partial charge in [-0.25, -0.2) is 4.98 Å². The molecule has 1 aliphatic rings. The topological polar surface area (TPSA) is 45.8 Å². The van der Waals surface area contributed by atoms with E-state index in [1.165, 1.54) is 51.3 Å². The molecule has 0 unspecified atom stereocenters. The molecule has 1 heterocycles. The van der Waals surface area contributed by atoms with E-state index in [0.29, 0.717) is 5.92 Å². The second-order valence-corrected chi connectivity index (χ2v) is 5.20. The number of H-pyrrole nitrogens is 1. The van der Waals surface area contributed by atoms with E-state index >= 15 is 0 Å². The summed E-state index contributed by atoms with van der Waals surface area (Å²) in [5, 5.41) is 0. The van der Waals surface area contributed by atoms with Crippen LogP contribution in [-0.2, 0) is 0 Å². The molecule has 1 aliphatic carbocycles. The molecule has 94 valence electrons. The van der Waals surface area contributed by atoms with Gasteiger partial charge in [0.15, 0.2) is 0 Å². The number of nitrogens with one attached hydrogen (secondary N) is 1. The van der Waals surface area contributed by atoms with Crippen LogP contribution in [0.25, 0.3) is 0 Å². The molecular formula is C14H22N2O. The molecule has 1 aromatic rings. The third-order valence-electron chi connectivity index (χ3n) is 3.93. The number of aromatic amines is 1. The minimum Gasteiger partial charge on any atom is -0.313 e. The van der Waals surface area contributed by atoms with Gasteiger partial charge in [0.05, 0.1) is 12.0 Å². The first-order chi connectivity index (χ1) is 8.29. The maximum atomic E-state index is 11.2. The van der Waals surface area contributed by atoms with Crippen molar-refractivity contribution in [3.05, 3.63) is 28.4 Å². The minimum atomic E-state index is -0.0249. The summed E-state index contributed by atoms with van der Waals surface area (Å²) in [5.74, 6) is 1.42. The summed E-state index contributed by atoms with van der Waals surface area (Å²) in [6.07, 6.45) is 10.6. The molecule has 0 bridgehead atoms. The van der Waals surface area contributed by atoms with Gasteiger partial charge in [0.2, 0.25) is 0 Å². The van der Waals surface area contributed by atoms with Crippen molar-refractivity contribution in [2.75, 3.05) is 0 Å². The second kappa shape index (κ2) is 5.99. The first kappa shape index (κ1) is 12.3. The Balaban J connectivity index is 1.88. The SMILES string of the molecule is CCCCC1CCC(c2cc(=O)[nH]cn2)CC1. The lowest BCUT2D eigenvalue weighted by atomic mass is 9.78. The van der Waals surface area contributed by atoms with E-state index in [0.717, 1.165) is 11.6 Å². The Morgan fingerprint density at radius 2 is 2.12 bits per heavy atom. The molecule has 1 fully saturated rings. The van der Waals surface area contributed by atoms with E-state index in [2.05, 4.69) is 16.9 Å². The molecule has 3 heteroatoms. The standard InChI is InChI=1S/C14H22N2O/c1-2-3-4-11-5-7-12(8-6-11)13-9-14(17)16-10-15-13/h9-12H,2-8H2,1H3,(H,15,16,17). The highest BCUT2D eigenvalue weighted by molar-refractivity contribution is 5.07. The Morgan fingerprint density at radius 1 is 1.35 bits per heavy atom. The molecule has 1 aromatic heterocycles. The lowest BCUT2D eigenvalue weighted by Gasteiger charge is -2.27. The summed E-state index contributed by atoms with van der Waals surface area (Å²) in [6.45, 7) is 2.26. The van der Waals surface area contributed by atoms with Gasteiger partial charge >= 0.3 is 0 Å². The molecule has 2 rings (SSSR count). The molecular weight excluding hydrogens is 212 g/mol. The van der Waals surface area contributed by atoms with Crippen LogP contribution in [-0.4, -0.2) is 9.97 Å². The van der Waals surface area contributed by atoms with E-state index in [9.17, 15) is 4.79 Å². The fourth-order valence-corrected chi connectivity index (χ4v) is 2.85. The number of nitrogens with zero attached hydrogens (tertiary/aromatic N) is 1. The number of rotatable bonds is 4. The second-order valence-electron chi connectivity index (χ2n) is 5.20. The van der Waals surface area contributed by atoms with E-state index in [4.69, 9.17) is 0 Å². The molecule has 0 amide bonds. The number of aromatic nitrogens is 2. The van der Waals surface area contributed by atoms with E-state index in [-0.39, 0.29) is 5.56 Å². The average Bonchev–Trinajstić information content (AvgIpc) is 2.37. The first-order valence-electron chi connectivity index (χ1n) is 6.84. The van der Waals surface area contributed by atoms with Crippen LogP contribution >= 0.6 is 0 Å². The third-order valence-corrected chi connectivity index (χ3v) is 3.93.